The Morgan fingerprint density at radius 2 is 1.75 bits per heavy atom. The quantitative estimate of drug-likeness (QED) is 0.188. The van der Waals surface area contributed by atoms with Gasteiger partial charge in [0.1, 0.15) is 5.69 Å². The van der Waals surface area contributed by atoms with E-state index in [0.29, 0.717) is 32.3 Å². The minimum absolute atomic E-state index is 0.183. The third kappa shape index (κ3) is 4.78. The predicted octanol–water partition coefficient (Wildman–Crippen LogP) is 6.96. The minimum atomic E-state index is 0.183. The molecular weight excluding hydrogens is 465 g/mol. The fourth-order valence-corrected chi connectivity index (χ4v) is 4.71. The molecule has 0 atom stereocenters. The first-order valence-electron chi connectivity index (χ1n) is 10.5. The van der Waals surface area contributed by atoms with Crippen molar-refractivity contribution in [2.75, 3.05) is 0 Å². The first-order chi connectivity index (χ1) is 15.5. The number of nitrogens with zero attached hydrogens (tertiary/aromatic N) is 4. The van der Waals surface area contributed by atoms with E-state index in [1.165, 1.54) is 6.42 Å². The smallest absolute Gasteiger partial charge is 0.182 e. The summed E-state index contributed by atoms with van der Waals surface area (Å²) in [7, 11) is 0. The van der Waals surface area contributed by atoms with Crippen molar-refractivity contribution < 1.29 is 0 Å². The Bertz CT molecular complexity index is 1190. The molecule has 4 rings (SSSR count). The number of benzene rings is 2. The van der Waals surface area contributed by atoms with Crippen LogP contribution < -0.4 is 5.32 Å². The molecule has 32 heavy (non-hydrogen) atoms. The summed E-state index contributed by atoms with van der Waals surface area (Å²) < 4.78 is 1.78. The van der Waals surface area contributed by atoms with Crippen LogP contribution in [0.3, 0.4) is 0 Å². The van der Waals surface area contributed by atoms with Crippen LogP contribution in [0.4, 0.5) is 0 Å². The zero-order valence-electron chi connectivity index (χ0n) is 17.6. The number of hydrogen-bond donors (Lipinski definition) is 1. The van der Waals surface area contributed by atoms with E-state index in [9.17, 15) is 5.26 Å². The minimum Gasteiger partial charge on any atom is -0.275 e. The summed E-state index contributed by atoms with van der Waals surface area (Å²) in [5, 5.41) is 18.7. The fraction of sp³-hybridized carbons (Fsp3) is 0.292. The van der Waals surface area contributed by atoms with Crippen LogP contribution in [-0.4, -0.2) is 21.7 Å². The Morgan fingerprint density at radius 3 is 2.41 bits per heavy atom. The van der Waals surface area contributed by atoms with Crippen LogP contribution in [0.2, 0.25) is 15.1 Å². The number of aliphatic imine (C=N–C) groups is 1. The van der Waals surface area contributed by atoms with Crippen LogP contribution in [0, 0.1) is 18.4 Å². The first kappa shape index (κ1) is 22.7. The normalized spacial score (nSPS) is 14.9. The molecule has 0 spiro atoms. The van der Waals surface area contributed by atoms with Crippen molar-refractivity contribution in [1.29, 1.82) is 5.26 Å². The molecule has 0 amide bonds. The highest BCUT2D eigenvalue weighted by Gasteiger charge is 2.23. The molecule has 0 bridgehead atoms. The second-order valence-electron chi connectivity index (χ2n) is 7.84. The molecule has 0 unspecified atom stereocenters. The van der Waals surface area contributed by atoms with Crippen LogP contribution >= 0.6 is 34.8 Å². The zero-order chi connectivity index (χ0) is 22.7. The third-order valence-electron chi connectivity index (χ3n) is 5.66. The Morgan fingerprint density at radius 1 is 1.06 bits per heavy atom. The lowest BCUT2D eigenvalue weighted by Crippen LogP contribution is -2.24. The predicted molar refractivity (Wildman–Crippen MR) is 131 cm³/mol. The van der Waals surface area contributed by atoms with Gasteiger partial charge in [-0.15, -0.1) is 0 Å². The lowest BCUT2D eigenvalue weighted by Gasteiger charge is -2.18. The van der Waals surface area contributed by atoms with Crippen LogP contribution in [0.25, 0.3) is 16.9 Å². The van der Waals surface area contributed by atoms with E-state index in [1.54, 1.807) is 16.8 Å². The highest BCUT2D eigenvalue weighted by atomic mass is 35.5. The van der Waals surface area contributed by atoms with Crippen molar-refractivity contribution in [2.24, 2.45) is 4.99 Å². The molecule has 1 heterocycles. The molecule has 5 nitrogen and oxygen atoms in total. The van der Waals surface area contributed by atoms with E-state index in [1.807, 2.05) is 43.4 Å². The number of hydrogen-bond acceptors (Lipinski definition) is 3. The molecule has 1 aromatic heterocycles. The van der Waals surface area contributed by atoms with Crippen molar-refractivity contribution in [3.05, 3.63) is 68.8 Å². The number of aromatic nitrogens is 2. The molecule has 1 saturated carbocycles. The molecule has 0 radical (unpaired) electrons. The molecule has 1 N–H and O–H groups in total. The summed E-state index contributed by atoms with van der Waals surface area (Å²) in [6.07, 6.45) is 7.60. The Labute approximate surface area is 202 Å². The van der Waals surface area contributed by atoms with Gasteiger partial charge in [0.25, 0.3) is 0 Å². The van der Waals surface area contributed by atoms with Crippen LogP contribution in [0.5, 0.6) is 0 Å². The average Bonchev–Trinajstić information content (AvgIpc) is 3.11. The standard InChI is InChI=1S/C24H22Cl3N5/c1-15-22(24(29-14-28)30-19-5-3-2-4-6-19)31-32(21-12-11-18(26)13-20(21)27)23(15)16-7-9-17(25)10-8-16/h7-13,19H,2-6H2,1H3,(H,29,30). The van der Waals surface area contributed by atoms with E-state index in [2.05, 4.69) is 5.32 Å². The maximum absolute atomic E-state index is 9.41. The maximum atomic E-state index is 9.41. The van der Waals surface area contributed by atoms with Gasteiger partial charge < -0.3 is 0 Å². The van der Waals surface area contributed by atoms with Crippen LogP contribution in [0.1, 0.15) is 43.4 Å². The number of nitrogens with one attached hydrogen (secondary N) is 1. The van der Waals surface area contributed by atoms with Gasteiger partial charge in [-0.25, -0.2) is 4.68 Å². The molecule has 1 aliphatic carbocycles. The van der Waals surface area contributed by atoms with E-state index in [4.69, 9.17) is 44.9 Å². The molecule has 1 aliphatic rings. The lowest BCUT2D eigenvalue weighted by molar-refractivity contribution is 0.443. The number of amidine groups is 1. The average molecular weight is 487 g/mol. The van der Waals surface area contributed by atoms with Gasteiger partial charge >= 0.3 is 0 Å². The highest BCUT2D eigenvalue weighted by Crippen LogP contribution is 2.33. The molecule has 0 aliphatic heterocycles. The second-order valence-corrected chi connectivity index (χ2v) is 9.12. The first-order valence-corrected chi connectivity index (χ1v) is 11.7. The van der Waals surface area contributed by atoms with Crippen LogP contribution in [-0.2, 0) is 0 Å². The number of halogens is 3. The Hall–Kier alpha value is -2.52. The summed E-state index contributed by atoms with van der Waals surface area (Å²) in [6, 6.07) is 13.0. The largest absolute Gasteiger partial charge is 0.275 e. The highest BCUT2D eigenvalue weighted by molar-refractivity contribution is 6.35. The van der Waals surface area contributed by atoms with Gasteiger partial charge in [0.2, 0.25) is 0 Å². The van der Waals surface area contributed by atoms with Gasteiger partial charge in [-0.1, -0.05) is 66.2 Å². The van der Waals surface area contributed by atoms with Gasteiger partial charge in [0.15, 0.2) is 12.0 Å². The molecule has 1 fully saturated rings. The van der Waals surface area contributed by atoms with Crippen molar-refractivity contribution in [3.63, 3.8) is 0 Å². The summed E-state index contributed by atoms with van der Waals surface area (Å²) in [5.41, 5.74) is 3.95. The molecular formula is C24H22Cl3N5. The summed E-state index contributed by atoms with van der Waals surface area (Å²) in [4.78, 5) is 4.88. The van der Waals surface area contributed by atoms with E-state index >= 15 is 0 Å². The second kappa shape index (κ2) is 9.95. The van der Waals surface area contributed by atoms with Gasteiger partial charge in [-0.3, -0.25) is 10.3 Å². The lowest BCUT2D eigenvalue weighted by atomic mass is 9.96. The van der Waals surface area contributed by atoms with Crippen molar-refractivity contribution in [3.8, 4) is 23.1 Å². The summed E-state index contributed by atoms with van der Waals surface area (Å²) in [5.74, 6) is 0.482. The monoisotopic (exact) mass is 485 g/mol. The molecule has 164 valence electrons. The Balaban J connectivity index is 1.91. The zero-order valence-corrected chi connectivity index (χ0v) is 19.8. The SMILES string of the molecule is Cc1c(C(=NC2CCCCC2)NC#N)nn(-c2ccc(Cl)cc2Cl)c1-c1ccc(Cl)cc1. The summed E-state index contributed by atoms with van der Waals surface area (Å²) in [6.45, 7) is 1.97. The number of rotatable bonds is 4. The molecule has 2 aromatic carbocycles. The Kier molecular flexibility index (Phi) is 7.05. The van der Waals surface area contributed by atoms with E-state index < -0.39 is 0 Å². The van der Waals surface area contributed by atoms with Gasteiger partial charge in [-0.05, 0) is 50.1 Å². The van der Waals surface area contributed by atoms with Crippen LogP contribution in [0.15, 0.2) is 47.5 Å². The van der Waals surface area contributed by atoms with Crippen molar-refractivity contribution >= 4 is 40.6 Å². The van der Waals surface area contributed by atoms with Gasteiger partial charge in [0.05, 0.1) is 22.4 Å². The van der Waals surface area contributed by atoms with E-state index in [-0.39, 0.29) is 6.04 Å². The fourth-order valence-electron chi connectivity index (χ4n) is 4.09. The van der Waals surface area contributed by atoms with Crippen molar-refractivity contribution in [2.45, 2.75) is 45.1 Å². The molecule has 3 aromatic rings. The van der Waals surface area contributed by atoms with E-state index in [0.717, 1.165) is 42.5 Å². The summed E-state index contributed by atoms with van der Waals surface area (Å²) >= 11 is 18.8. The van der Waals surface area contributed by atoms with Gasteiger partial charge in [-0.2, -0.15) is 10.4 Å². The van der Waals surface area contributed by atoms with Crippen molar-refractivity contribution in [1.82, 2.24) is 15.1 Å². The third-order valence-corrected chi connectivity index (χ3v) is 6.45. The number of nitriles is 1. The molecule has 8 heteroatoms. The maximum Gasteiger partial charge on any atom is 0.182 e. The van der Waals surface area contributed by atoms with Gasteiger partial charge in [0, 0.05) is 21.2 Å². The molecule has 0 saturated heterocycles. The topological polar surface area (TPSA) is 66.0 Å².